The van der Waals surface area contributed by atoms with Crippen molar-refractivity contribution in [2.75, 3.05) is 11.9 Å². The molecular weight excluding hydrogens is 361 g/mol. The average molecular weight is 381 g/mol. The Morgan fingerprint density at radius 2 is 2.04 bits per heavy atom. The Morgan fingerprint density at radius 3 is 2.71 bits per heavy atom. The lowest BCUT2D eigenvalue weighted by molar-refractivity contribution is -0.111. The van der Waals surface area contributed by atoms with Crippen molar-refractivity contribution in [1.82, 2.24) is 20.2 Å². The maximum absolute atomic E-state index is 14.1. The second-order valence-electron chi connectivity index (χ2n) is 6.04. The maximum Gasteiger partial charge on any atom is 0.248 e. The molecule has 0 atom stereocenters. The van der Waals surface area contributed by atoms with Crippen LogP contribution >= 0.6 is 0 Å². The number of halogens is 1. The van der Waals surface area contributed by atoms with E-state index in [9.17, 15) is 9.18 Å². The zero-order chi connectivity index (χ0) is 19.9. The van der Waals surface area contributed by atoms with Crippen molar-refractivity contribution in [3.63, 3.8) is 0 Å². The first-order valence-corrected chi connectivity index (χ1v) is 8.83. The van der Waals surface area contributed by atoms with E-state index >= 15 is 0 Å². The van der Waals surface area contributed by atoms with Gasteiger partial charge in [-0.15, -0.1) is 5.10 Å². The van der Waals surface area contributed by atoms with E-state index in [0.717, 1.165) is 17.7 Å². The second kappa shape index (κ2) is 8.90. The number of carbonyl (C=O) groups is 1. The third-order valence-corrected chi connectivity index (χ3v) is 3.85. The number of hydrogen-bond acceptors (Lipinski definition) is 5. The summed E-state index contributed by atoms with van der Waals surface area (Å²) in [6, 6.07) is 11.7. The predicted octanol–water partition coefficient (Wildman–Crippen LogP) is 3.55. The summed E-state index contributed by atoms with van der Waals surface area (Å²) in [4.78, 5) is 12.2. The highest BCUT2D eigenvalue weighted by Gasteiger charge is 2.11. The maximum atomic E-state index is 14.1. The summed E-state index contributed by atoms with van der Waals surface area (Å²) < 4.78 is 20.9. The van der Waals surface area contributed by atoms with E-state index in [0.29, 0.717) is 18.1 Å². The molecule has 7 nitrogen and oxygen atoms in total. The largest absolute Gasteiger partial charge is 0.494 e. The lowest BCUT2D eigenvalue weighted by Crippen LogP contribution is -2.09. The summed E-state index contributed by atoms with van der Waals surface area (Å²) >= 11 is 0. The lowest BCUT2D eigenvalue weighted by atomic mass is 10.2. The van der Waals surface area contributed by atoms with E-state index in [2.05, 4.69) is 20.8 Å². The highest BCUT2D eigenvalue weighted by Crippen LogP contribution is 2.19. The topological polar surface area (TPSA) is 81.9 Å². The highest BCUT2D eigenvalue weighted by molar-refractivity contribution is 6.02. The van der Waals surface area contributed by atoms with Crippen LogP contribution in [0.3, 0.4) is 0 Å². The van der Waals surface area contributed by atoms with Crippen LogP contribution in [0.5, 0.6) is 5.75 Å². The van der Waals surface area contributed by atoms with E-state index in [4.69, 9.17) is 4.74 Å². The van der Waals surface area contributed by atoms with Gasteiger partial charge in [-0.3, -0.25) is 4.79 Å². The number of amides is 1. The van der Waals surface area contributed by atoms with Crippen LogP contribution in [0.4, 0.5) is 10.1 Å². The summed E-state index contributed by atoms with van der Waals surface area (Å²) in [7, 11) is 0. The van der Waals surface area contributed by atoms with Crippen molar-refractivity contribution in [3.05, 3.63) is 65.7 Å². The summed E-state index contributed by atoms with van der Waals surface area (Å²) in [5.74, 6) is 0.403. The van der Waals surface area contributed by atoms with E-state index in [1.165, 1.54) is 29.0 Å². The van der Waals surface area contributed by atoms with Crippen molar-refractivity contribution in [3.8, 4) is 11.4 Å². The Bertz CT molecular complexity index is 983. The number of nitrogens with one attached hydrogen (secondary N) is 1. The smallest absolute Gasteiger partial charge is 0.248 e. The van der Waals surface area contributed by atoms with E-state index in [-0.39, 0.29) is 11.6 Å². The third-order valence-electron chi connectivity index (χ3n) is 3.85. The zero-order valence-corrected chi connectivity index (χ0v) is 15.6. The number of benzene rings is 2. The van der Waals surface area contributed by atoms with E-state index in [1.807, 2.05) is 31.2 Å². The SMILES string of the molecule is CCCOc1ccc(/C=C/C(=O)Nc2ccc(F)c(-n3nnnc3C)c2)cc1. The molecule has 0 radical (unpaired) electrons. The van der Waals surface area contributed by atoms with Gasteiger partial charge in [0, 0.05) is 11.8 Å². The van der Waals surface area contributed by atoms with Gasteiger partial charge in [0.05, 0.1) is 6.61 Å². The van der Waals surface area contributed by atoms with Crippen LogP contribution in [0.15, 0.2) is 48.5 Å². The molecule has 8 heteroatoms. The van der Waals surface area contributed by atoms with Crippen molar-refractivity contribution in [2.24, 2.45) is 0 Å². The number of anilines is 1. The molecule has 0 aliphatic heterocycles. The molecule has 0 unspecified atom stereocenters. The summed E-state index contributed by atoms with van der Waals surface area (Å²) in [6.45, 7) is 4.37. The van der Waals surface area contributed by atoms with Gasteiger partial charge in [0.15, 0.2) is 5.82 Å². The Labute approximate surface area is 161 Å². The van der Waals surface area contributed by atoms with E-state index in [1.54, 1.807) is 13.0 Å². The van der Waals surface area contributed by atoms with Crippen molar-refractivity contribution in [2.45, 2.75) is 20.3 Å². The molecule has 1 aromatic heterocycles. The molecule has 2 aromatic carbocycles. The van der Waals surface area contributed by atoms with Crippen LogP contribution in [-0.4, -0.2) is 32.7 Å². The van der Waals surface area contributed by atoms with Gasteiger partial charge in [-0.05, 0) is 65.7 Å². The Kier molecular flexibility index (Phi) is 6.11. The molecule has 28 heavy (non-hydrogen) atoms. The van der Waals surface area contributed by atoms with Gasteiger partial charge in [0.2, 0.25) is 5.91 Å². The fourth-order valence-electron chi connectivity index (χ4n) is 2.46. The van der Waals surface area contributed by atoms with Gasteiger partial charge in [-0.25, -0.2) is 4.39 Å². The second-order valence-corrected chi connectivity index (χ2v) is 6.04. The normalized spacial score (nSPS) is 11.0. The zero-order valence-electron chi connectivity index (χ0n) is 15.6. The first-order chi connectivity index (χ1) is 13.6. The highest BCUT2D eigenvalue weighted by atomic mass is 19.1. The predicted molar refractivity (Wildman–Crippen MR) is 104 cm³/mol. The molecule has 3 rings (SSSR count). The summed E-state index contributed by atoms with van der Waals surface area (Å²) in [6.07, 6.45) is 4.04. The van der Waals surface area contributed by atoms with Crippen molar-refractivity contribution >= 4 is 17.7 Å². The number of ether oxygens (including phenoxy) is 1. The van der Waals surface area contributed by atoms with Crippen LogP contribution in [-0.2, 0) is 4.79 Å². The number of tetrazole rings is 1. The van der Waals surface area contributed by atoms with Crippen LogP contribution < -0.4 is 10.1 Å². The van der Waals surface area contributed by atoms with Crippen molar-refractivity contribution < 1.29 is 13.9 Å². The number of carbonyl (C=O) groups excluding carboxylic acids is 1. The lowest BCUT2D eigenvalue weighted by Gasteiger charge is -2.07. The monoisotopic (exact) mass is 381 g/mol. The number of nitrogens with zero attached hydrogens (tertiary/aromatic N) is 4. The van der Waals surface area contributed by atoms with Gasteiger partial charge in [0.1, 0.15) is 17.3 Å². The van der Waals surface area contributed by atoms with Crippen LogP contribution in [0, 0.1) is 12.7 Å². The molecule has 144 valence electrons. The Hall–Kier alpha value is -3.55. The van der Waals surface area contributed by atoms with Gasteiger partial charge < -0.3 is 10.1 Å². The quantitative estimate of drug-likeness (QED) is 0.633. The van der Waals surface area contributed by atoms with Gasteiger partial charge >= 0.3 is 0 Å². The number of rotatable bonds is 7. The number of hydrogen-bond donors (Lipinski definition) is 1. The van der Waals surface area contributed by atoms with Gasteiger partial charge in [0.25, 0.3) is 0 Å². The molecule has 1 amide bonds. The van der Waals surface area contributed by atoms with E-state index < -0.39 is 5.82 Å². The number of aryl methyl sites for hydroxylation is 1. The minimum atomic E-state index is -0.491. The summed E-state index contributed by atoms with van der Waals surface area (Å²) in [5.41, 5.74) is 1.46. The third kappa shape index (κ3) is 4.79. The Morgan fingerprint density at radius 1 is 1.25 bits per heavy atom. The molecule has 0 saturated heterocycles. The van der Waals surface area contributed by atoms with Crippen LogP contribution in [0.1, 0.15) is 24.7 Å². The van der Waals surface area contributed by atoms with Gasteiger partial charge in [-0.2, -0.15) is 4.68 Å². The first kappa shape index (κ1) is 19.2. The minimum absolute atomic E-state index is 0.159. The Balaban J connectivity index is 1.66. The fourth-order valence-corrected chi connectivity index (χ4v) is 2.46. The molecule has 0 bridgehead atoms. The molecule has 3 aromatic rings. The molecule has 1 heterocycles. The molecular formula is C20H20FN5O2. The molecule has 0 aliphatic rings. The van der Waals surface area contributed by atoms with Gasteiger partial charge in [-0.1, -0.05) is 19.1 Å². The molecule has 0 saturated carbocycles. The fraction of sp³-hybridized carbons (Fsp3) is 0.200. The molecule has 0 spiro atoms. The standard InChI is InChI=1S/C20H20FN5O2/c1-3-12-28-17-8-4-15(5-9-17)6-11-20(27)22-16-7-10-18(21)19(13-16)26-14(2)23-24-25-26/h4-11,13H,3,12H2,1-2H3,(H,22,27)/b11-6+. The van der Waals surface area contributed by atoms with Crippen LogP contribution in [0.2, 0.25) is 0 Å². The van der Waals surface area contributed by atoms with Crippen molar-refractivity contribution in [1.29, 1.82) is 0 Å². The molecule has 0 fully saturated rings. The summed E-state index contributed by atoms with van der Waals surface area (Å²) in [5, 5.41) is 13.7. The van der Waals surface area contributed by atoms with Crippen LogP contribution in [0.25, 0.3) is 11.8 Å². The molecule has 1 N–H and O–H groups in total. The minimum Gasteiger partial charge on any atom is -0.494 e. The first-order valence-electron chi connectivity index (χ1n) is 8.83. The average Bonchev–Trinajstić information content (AvgIpc) is 3.12. The molecule has 0 aliphatic carbocycles. The number of aromatic nitrogens is 4.